The second-order valence-electron chi connectivity index (χ2n) is 5.44. The van der Waals surface area contributed by atoms with Gasteiger partial charge in [-0.15, -0.1) is 0 Å². The fourth-order valence-corrected chi connectivity index (χ4v) is 2.04. The van der Waals surface area contributed by atoms with Gasteiger partial charge in [-0.2, -0.15) is 0 Å². The van der Waals surface area contributed by atoms with Crippen LogP contribution < -0.4 is 0 Å². The largest absolute Gasteiger partial charge is 0.363 e. The molecule has 1 unspecified atom stereocenters. The third kappa shape index (κ3) is 5.90. The van der Waals surface area contributed by atoms with E-state index in [1.54, 1.807) is 6.92 Å². The zero-order valence-electron chi connectivity index (χ0n) is 14.1. The van der Waals surface area contributed by atoms with E-state index >= 15 is 0 Å². The van der Waals surface area contributed by atoms with Crippen LogP contribution >= 0.6 is 0 Å². The fourth-order valence-electron chi connectivity index (χ4n) is 2.04. The van der Waals surface area contributed by atoms with Gasteiger partial charge < -0.3 is 17.3 Å². The molecule has 1 aromatic rings. The number of methoxy groups -OCH3 is 1. The number of aliphatic hydroxyl groups excluding tert-OH is 1. The first-order chi connectivity index (χ1) is 8.88. The van der Waals surface area contributed by atoms with Crippen LogP contribution in [0.15, 0.2) is 23.2 Å². The van der Waals surface area contributed by atoms with Crippen molar-refractivity contribution in [3.05, 3.63) is 36.8 Å². The van der Waals surface area contributed by atoms with Gasteiger partial charge in [0.05, 0.1) is 11.4 Å². The Bertz CT molecular complexity index is 430. The molecule has 0 aromatic heterocycles. The molecule has 1 N–H and O–H groups in total. The molecule has 0 aliphatic carbocycles. The van der Waals surface area contributed by atoms with Crippen LogP contribution in [0.1, 0.15) is 57.6 Å². The summed E-state index contributed by atoms with van der Waals surface area (Å²) in [5.41, 5.74) is 3.96. The Morgan fingerprint density at radius 3 is 1.86 bits per heavy atom. The van der Waals surface area contributed by atoms with Crippen LogP contribution in [0.4, 0.5) is 5.69 Å². The Morgan fingerprint density at radius 1 is 1.10 bits per heavy atom. The van der Waals surface area contributed by atoms with Crippen LogP contribution in [0.2, 0.25) is 0 Å². The molecule has 0 heterocycles. The van der Waals surface area contributed by atoms with E-state index in [2.05, 4.69) is 50.9 Å². The average molecular weight is 337 g/mol. The summed E-state index contributed by atoms with van der Waals surface area (Å²) in [5, 5.41) is 9.69. The number of para-hydroxylation sites is 1. The van der Waals surface area contributed by atoms with Crippen molar-refractivity contribution >= 4 is 11.4 Å². The maximum Gasteiger partial charge on any atom is 0.194 e. The van der Waals surface area contributed by atoms with Crippen LogP contribution in [0, 0.1) is 7.43 Å². The molecule has 0 fully saturated rings. The van der Waals surface area contributed by atoms with Gasteiger partial charge in [-0.3, -0.25) is 4.99 Å². The molecule has 0 saturated carbocycles. The molecule has 0 aliphatic heterocycles. The monoisotopic (exact) mass is 336 g/mol. The third-order valence-electron chi connectivity index (χ3n) is 3.21. The summed E-state index contributed by atoms with van der Waals surface area (Å²) >= 11 is 0. The summed E-state index contributed by atoms with van der Waals surface area (Å²) in [5.74, 6) is 0.787. The number of hydrogen-bond donors (Lipinski definition) is 1. The van der Waals surface area contributed by atoms with Gasteiger partial charge in [-0.05, 0) is 29.9 Å². The first-order valence-corrected chi connectivity index (χ1v) is 6.77. The normalized spacial score (nSPS) is 12.9. The minimum Gasteiger partial charge on any atom is -0.363 e. The molecule has 124 valence electrons. The van der Waals surface area contributed by atoms with E-state index in [-0.39, 0.29) is 23.9 Å². The molecule has 0 spiro atoms. The summed E-state index contributed by atoms with van der Waals surface area (Å²) < 4.78 is 4.91. The second kappa shape index (κ2) is 10.1. The van der Waals surface area contributed by atoms with Gasteiger partial charge in [0, 0.05) is 23.6 Å². The number of aliphatic hydroxyl groups is 1. The van der Waals surface area contributed by atoms with E-state index in [1.165, 1.54) is 18.2 Å². The van der Waals surface area contributed by atoms with E-state index in [1.807, 2.05) is 0 Å². The smallest absolute Gasteiger partial charge is 0.194 e. The standard InChI is InChI=1S/C16H25NO2.CH3.Ni/c1-10(2)13-8-7-9-14(11(3)4)15(13)17-12(5)16(18)19-6;;/h7-11,16,18H,1-6H3;1H3;/q;-1;. The quantitative estimate of drug-likeness (QED) is 0.374. The van der Waals surface area contributed by atoms with Gasteiger partial charge in [0.1, 0.15) is 0 Å². The van der Waals surface area contributed by atoms with Crippen LogP contribution in [0.5, 0.6) is 0 Å². The molecule has 0 amide bonds. The predicted molar refractivity (Wildman–Crippen MR) is 86.8 cm³/mol. The molecule has 0 bridgehead atoms. The molecule has 0 saturated heterocycles. The molecular formula is C17H28NNiO2-. The fraction of sp³-hybridized carbons (Fsp3) is 0.529. The molecule has 4 heteroatoms. The Morgan fingerprint density at radius 2 is 1.52 bits per heavy atom. The van der Waals surface area contributed by atoms with Crippen molar-refractivity contribution in [2.45, 2.75) is 52.7 Å². The minimum atomic E-state index is -0.944. The number of nitrogens with zero attached hydrogens (tertiary/aromatic N) is 1. The van der Waals surface area contributed by atoms with E-state index in [0.717, 1.165) is 5.69 Å². The maximum absolute atomic E-state index is 9.69. The third-order valence-corrected chi connectivity index (χ3v) is 3.21. The van der Waals surface area contributed by atoms with Crippen LogP contribution in [-0.2, 0) is 21.2 Å². The van der Waals surface area contributed by atoms with Crippen LogP contribution in [0.3, 0.4) is 0 Å². The van der Waals surface area contributed by atoms with Crippen molar-refractivity contribution in [2.24, 2.45) is 4.99 Å². The van der Waals surface area contributed by atoms with Gasteiger partial charge >= 0.3 is 0 Å². The molecular weight excluding hydrogens is 309 g/mol. The van der Waals surface area contributed by atoms with Crippen molar-refractivity contribution in [1.29, 1.82) is 0 Å². The molecule has 21 heavy (non-hydrogen) atoms. The van der Waals surface area contributed by atoms with E-state index in [9.17, 15) is 5.11 Å². The minimum absolute atomic E-state index is 0. The van der Waals surface area contributed by atoms with E-state index < -0.39 is 6.29 Å². The number of benzene rings is 1. The average Bonchev–Trinajstić information content (AvgIpc) is 2.37. The summed E-state index contributed by atoms with van der Waals surface area (Å²) in [4.78, 5) is 4.61. The number of ether oxygens (including phenoxy) is 1. The first kappa shape index (κ1) is 22.6. The van der Waals surface area contributed by atoms with Crippen molar-refractivity contribution < 1.29 is 26.3 Å². The van der Waals surface area contributed by atoms with Gasteiger partial charge in [0.2, 0.25) is 0 Å². The number of rotatable bonds is 5. The van der Waals surface area contributed by atoms with Crippen molar-refractivity contribution in [3.63, 3.8) is 0 Å². The topological polar surface area (TPSA) is 41.8 Å². The molecule has 1 aromatic carbocycles. The predicted octanol–water partition coefficient (Wildman–Crippen LogP) is 4.44. The van der Waals surface area contributed by atoms with E-state index in [4.69, 9.17) is 4.74 Å². The summed E-state index contributed by atoms with van der Waals surface area (Å²) in [7, 11) is 1.47. The van der Waals surface area contributed by atoms with Crippen molar-refractivity contribution in [2.75, 3.05) is 7.11 Å². The second-order valence-corrected chi connectivity index (χ2v) is 5.44. The van der Waals surface area contributed by atoms with Crippen molar-refractivity contribution in [1.82, 2.24) is 0 Å². The first-order valence-electron chi connectivity index (χ1n) is 6.77. The van der Waals surface area contributed by atoms with Crippen LogP contribution in [-0.4, -0.2) is 24.2 Å². The van der Waals surface area contributed by atoms with E-state index in [0.29, 0.717) is 17.5 Å². The van der Waals surface area contributed by atoms with Gasteiger partial charge in [0.15, 0.2) is 6.29 Å². The molecule has 1 atom stereocenters. The Hall–Kier alpha value is -0.696. The molecule has 1 rings (SSSR count). The van der Waals surface area contributed by atoms with Gasteiger partial charge in [0.25, 0.3) is 0 Å². The van der Waals surface area contributed by atoms with Crippen LogP contribution in [0.25, 0.3) is 0 Å². The molecule has 3 nitrogen and oxygen atoms in total. The maximum atomic E-state index is 9.69. The molecule has 0 radical (unpaired) electrons. The molecule has 0 aliphatic rings. The summed E-state index contributed by atoms with van der Waals surface area (Å²) in [6.45, 7) is 10.4. The SMILES string of the molecule is COC(O)C(C)=Nc1c(C(C)C)cccc1C(C)C.[CH3-].[Ni]. The Balaban J connectivity index is 0. The number of aliphatic imine (C=N–C) groups is 1. The Kier molecular flexibility index (Phi) is 10.9. The zero-order valence-corrected chi connectivity index (χ0v) is 15.1. The Labute approximate surface area is 139 Å². The van der Waals surface area contributed by atoms with Gasteiger partial charge in [-0.1, -0.05) is 45.9 Å². The zero-order chi connectivity index (χ0) is 14.6. The summed E-state index contributed by atoms with van der Waals surface area (Å²) in [6.07, 6.45) is -0.944. The summed E-state index contributed by atoms with van der Waals surface area (Å²) in [6, 6.07) is 6.27. The van der Waals surface area contributed by atoms with Crippen molar-refractivity contribution in [3.8, 4) is 0 Å². The number of hydrogen-bond acceptors (Lipinski definition) is 3. The van der Waals surface area contributed by atoms with Gasteiger partial charge in [-0.25, -0.2) is 0 Å².